The first kappa shape index (κ1) is 19.6. The zero-order valence-electron chi connectivity index (χ0n) is 15.7. The summed E-state index contributed by atoms with van der Waals surface area (Å²) in [6.45, 7) is 2.12. The molecule has 1 unspecified atom stereocenters. The van der Waals surface area contributed by atoms with Crippen molar-refractivity contribution in [3.05, 3.63) is 74.8 Å². The first-order chi connectivity index (χ1) is 13.9. The monoisotopic (exact) mass is 414 g/mol. The van der Waals surface area contributed by atoms with Gasteiger partial charge in [-0.25, -0.2) is 13.1 Å². The molecule has 2 heterocycles. The molecule has 0 aliphatic carbocycles. The summed E-state index contributed by atoms with van der Waals surface area (Å²) in [5, 5.41) is 0. The molecule has 1 saturated heterocycles. The number of aromatic amines is 2. The molecular formula is C20H22N4O4S. The summed E-state index contributed by atoms with van der Waals surface area (Å²) in [6.07, 6.45) is 2.21. The number of nitrogens with zero attached hydrogens (tertiary/aromatic N) is 1. The maximum Gasteiger partial charge on any atom is 0.314 e. The molecule has 1 aliphatic rings. The van der Waals surface area contributed by atoms with Crippen molar-refractivity contribution < 1.29 is 8.42 Å². The van der Waals surface area contributed by atoms with E-state index in [1.54, 1.807) is 0 Å². The molecule has 1 fully saturated rings. The van der Waals surface area contributed by atoms with Crippen LogP contribution < -0.4 is 15.8 Å². The van der Waals surface area contributed by atoms with Crippen molar-refractivity contribution in [3.8, 4) is 0 Å². The second kappa shape index (κ2) is 7.94. The minimum absolute atomic E-state index is 0.0286. The Morgan fingerprint density at radius 3 is 2.28 bits per heavy atom. The lowest BCUT2D eigenvalue weighted by molar-refractivity contribution is 0.246. The minimum Gasteiger partial charge on any atom is -0.316 e. The number of hydrogen-bond acceptors (Lipinski definition) is 5. The number of benzene rings is 2. The zero-order valence-corrected chi connectivity index (χ0v) is 16.5. The Kier molecular flexibility index (Phi) is 5.35. The summed E-state index contributed by atoms with van der Waals surface area (Å²) in [4.78, 5) is 30.1. The number of hydrogen-bond donors (Lipinski definition) is 3. The highest BCUT2D eigenvalue weighted by molar-refractivity contribution is 7.89. The summed E-state index contributed by atoms with van der Waals surface area (Å²) in [5.74, 6) is 0. The number of H-pyrrole nitrogens is 2. The molecule has 0 bridgehead atoms. The molecule has 0 amide bonds. The van der Waals surface area contributed by atoms with E-state index in [0.29, 0.717) is 5.52 Å². The average Bonchev–Trinajstić information content (AvgIpc) is 3.24. The highest BCUT2D eigenvalue weighted by atomic mass is 32.2. The Morgan fingerprint density at radius 2 is 1.59 bits per heavy atom. The summed E-state index contributed by atoms with van der Waals surface area (Å²) in [7, 11) is -3.80. The van der Waals surface area contributed by atoms with Gasteiger partial charge in [-0.3, -0.25) is 14.5 Å². The number of sulfonamides is 1. The van der Waals surface area contributed by atoms with E-state index in [0.717, 1.165) is 31.5 Å². The van der Waals surface area contributed by atoms with E-state index in [4.69, 9.17) is 0 Å². The van der Waals surface area contributed by atoms with Crippen molar-refractivity contribution in [1.29, 1.82) is 0 Å². The first-order valence-corrected chi connectivity index (χ1v) is 11.0. The van der Waals surface area contributed by atoms with Crippen molar-refractivity contribution in [1.82, 2.24) is 19.6 Å². The molecule has 29 heavy (non-hydrogen) atoms. The lowest BCUT2D eigenvalue weighted by atomic mass is 10.1. The molecule has 3 N–H and O–H groups in total. The molecule has 9 heteroatoms. The number of nitrogens with one attached hydrogen (secondary N) is 3. The SMILES string of the molecule is O=c1[nH]c2ccc(S(=O)(=O)NCC(c3ccccc3)N3CCCC3)cc2[nH]c1=O. The number of rotatable bonds is 6. The lowest BCUT2D eigenvalue weighted by Gasteiger charge is -2.28. The molecule has 3 aromatic rings. The molecule has 152 valence electrons. The normalized spacial score (nSPS) is 16.3. The molecular weight excluding hydrogens is 392 g/mol. The largest absolute Gasteiger partial charge is 0.316 e. The molecule has 1 aliphatic heterocycles. The zero-order chi connectivity index (χ0) is 20.4. The van der Waals surface area contributed by atoms with Crippen molar-refractivity contribution in [2.45, 2.75) is 23.8 Å². The van der Waals surface area contributed by atoms with Crippen LogP contribution in [0.4, 0.5) is 0 Å². The summed E-state index contributed by atoms with van der Waals surface area (Å²) < 4.78 is 28.5. The number of fused-ring (bicyclic) bond motifs is 1. The second-order valence-electron chi connectivity index (χ2n) is 7.14. The van der Waals surface area contributed by atoms with Crippen LogP contribution in [0.25, 0.3) is 11.0 Å². The molecule has 0 spiro atoms. The highest BCUT2D eigenvalue weighted by Gasteiger charge is 2.25. The first-order valence-electron chi connectivity index (χ1n) is 9.49. The maximum atomic E-state index is 12.9. The van der Waals surface area contributed by atoms with Gasteiger partial charge in [0.05, 0.1) is 15.9 Å². The average molecular weight is 414 g/mol. The van der Waals surface area contributed by atoms with Crippen LogP contribution in [0.2, 0.25) is 0 Å². The Labute approximate surface area is 167 Å². The molecule has 8 nitrogen and oxygen atoms in total. The van der Waals surface area contributed by atoms with Crippen LogP contribution in [0.3, 0.4) is 0 Å². The van der Waals surface area contributed by atoms with Crippen LogP contribution in [0.15, 0.2) is 63.0 Å². The predicted molar refractivity (Wildman–Crippen MR) is 110 cm³/mol. The van der Waals surface area contributed by atoms with Gasteiger partial charge in [0.15, 0.2) is 0 Å². The minimum atomic E-state index is -3.80. The number of aromatic nitrogens is 2. The van der Waals surface area contributed by atoms with Gasteiger partial charge in [-0.05, 0) is 49.7 Å². The van der Waals surface area contributed by atoms with Crippen LogP contribution in [0, 0.1) is 0 Å². The van der Waals surface area contributed by atoms with E-state index in [-0.39, 0.29) is 23.0 Å². The van der Waals surface area contributed by atoms with E-state index in [1.807, 2.05) is 30.3 Å². The van der Waals surface area contributed by atoms with Gasteiger partial charge in [-0.2, -0.15) is 0 Å². The van der Waals surface area contributed by atoms with E-state index in [9.17, 15) is 18.0 Å². The highest BCUT2D eigenvalue weighted by Crippen LogP contribution is 2.25. The van der Waals surface area contributed by atoms with Gasteiger partial charge in [0, 0.05) is 12.6 Å². The summed E-state index contributed by atoms with van der Waals surface area (Å²) >= 11 is 0. The van der Waals surface area contributed by atoms with Gasteiger partial charge in [-0.15, -0.1) is 0 Å². The quantitative estimate of drug-likeness (QED) is 0.527. The standard InChI is InChI=1S/C20H22N4O4S/c25-19-20(26)23-17-12-15(8-9-16(17)22-19)29(27,28)21-13-18(24-10-4-5-11-24)14-6-2-1-3-7-14/h1-3,6-9,12,18,21H,4-5,10-11,13H2,(H,22,25)(H,23,26). The predicted octanol–water partition coefficient (Wildman–Crippen LogP) is 1.33. The van der Waals surface area contributed by atoms with Gasteiger partial charge in [0.1, 0.15) is 0 Å². The third-order valence-electron chi connectivity index (χ3n) is 5.24. The lowest BCUT2D eigenvalue weighted by Crippen LogP contribution is -2.36. The Morgan fingerprint density at radius 1 is 0.931 bits per heavy atom. The molecule has 1 aromatic heterocycles. The Bertz CT molecular complexity index is 1230. The van der Waals surface area contributed by atoms with E-state index in [1.165, 1.54) is 18.2 Å². The van der Waals surface area contributed by atoms with E-state index in [2.05, 4.69) is 19.6 Å². The van der Waals surface area contributed by atoms with Crippen LogP contribution >= 0.6 is 0 Å². The van der Waals surface area contributed by atoms with E-state index < -0.39 is 21.1 Å². The van der Waals surface area contributed by atoms with Crippen LogP contribution in [0.1, 0.15) is 24.4 Å². The topological polar surface area (TPSA) is 115 Å². The Hall–Kier alpha value is -2.75. The van der Waals surface area contributed by atoms with Gasteiger partial charge in [0.2, 0.25) is 10.0 Å². The van der Waals surface area contributed by atoms with Crippen LogP contribution in [0.5, 0.6) is 0 Å². The smallest absolute Gasteiger partial charge is 0.314 e. The summed E-state index contributed by atoms with van der Waals surface area (Å²) in [5.41, 5.74) is 0.0997. The van der Waals surface area contributed by atoms with Crippen LogP contribution in [-0.2, 0) is 10.0 Å². The summed E-state index contributed by atoms with van der Waals surface area (Å²) in [6, 6.07) is 14.0. The fraction of sp³-hybridized carbons (Fsp3) is 0.300. The fourth-order valence-corrected chi connectivity index (χ4v) is 4.78. The molecule has 2 aromatic carbocycles. The third kappa shape index (κ3) is 4.16. The second-order valence-corrected chi connectivity index (χ2v) is 8.90. The molecule has 1 atom stereocenters. The van der Waals surface area contributed by atoms with Gasteiger partial charge < -0.3 is 9.97 Å². The molecule has 4 rings (SSSR count). The van der Waals surface area contributed by atoms with Crippen molar-refractivity contribution in [2.75, 3.05) is 19.6 Å². The van der Waals surface area contributed by atoms with Gasteiger partial charge in [-0.1, -0.05) is 30.3 Å². The van der Waals surface area contributed by atoms with Crippen LogP contribution in [-0.4, -0.2) is 42.9 Å². The molecule has 0 radical (unpaired) electrons. The maximum absolute atomic E-state index is 12.9. The van der Waals surface area contributed by atoms with Gasteiger partial charge >= 0.3 is 11.1 Å². The third-order valence-corrected chi connectivity index (χ3v) is 6.66. The van der Waals surface area contributed by atoms with Crippen molar-refractivity contribution in [3.63, 3.8) is 0 Å². The van der Waals surface area contributed by atoms with Crippen molar-refractivity contribution in [2.24, 2.45) is 0 Å². The fourth-order valence-electron chi connectivity index (χ4n) is 3.72. The van der Waals surface area contributed by atoms with E-state index >= 15 is 0 Å². The molecule has 0 saturated carbocycles. The van der Waals surface area contributed by atoms with Crippen molar-refractivity contribution >= 4 is 21.1 Å². The Balaban J connectivity index is 1.60. The number of likely N-dealkylation sites (tertiary alicyclic amines) is 1. The van der Waals surface area contributed by atoms with Gasteiger partial charge in [0.25, 0.3) is 0 Å².